The summed E-state index contributed by atoms with van der Waals surface area (Å²) < 4.78 is 0. The number of rotatable bonds is 0. The van der Waals surface area contributed by atoms with Gasteiger partial charge in [0.1, 0.15) is 5.78 Å². The van der Waals surface area contributed by atoms with Crippen LogP contribution >= 0.6 is 0 Å². The topological polar surface area (TPSA) is 60.8 Å². The Bertz CT molecular complexity index is 751. The van der Waals surface area contributed by atoms with Crippen LogP contribution in [-0.2, 0) is 4.79 Å². The van der Waals surface area contributed by atoms with Crippen LogP contribution in [0.3, 0.4) is 0 Å². The molecule has 0 radical (unpaired) electrons. The van der Waals surface area contributed by atoms with Crippen LogP contribution in [0.5, 0.6) is 0 Å². The van der Waals surface area contributed by atoms with Crippen molar-refractivity contribution in [2.75, 3.05) is 13.1 Å². The van der Waals surface area contributed by atoms with Crippen LogP contribution in [0.4, 0.5) is 0 Å². The summed E-state index contributed by atoms with van der Waals surface area (Å²) in [5.41, 5.74) is -0.482. The number of nitrogens with zero attached hydrogens (tertiary/aromatic N) is 1. The summed E-state index contributed by atoms with van der Waals surface area (Å²) in [5, 5.41) is 22.1. The molecule has 6 rings (SSSR count). The molecule has 2 saturated heterocycles. The summed E-state index contributed by atoms with van der Waals surface area (Å²) in [6.07, 6.45) is 9.08. The normalized spacial score (nSPS) is 59.2. The summed E-state index contributed by atoms with van der Waals surface area (Å²) in [5.74, 6) is 4.82. The molecule has 2 heterocycles. The number of Topliss-reactive ketones (excluding diaryl/α,β-unsaturated/α-hetero) is 1. The van der Waals surface area contributed by atoms with Gasteiger partial charge in [-0.25, -0.2) is 0 Å². The number of hydrogen-bond donors (Lipinski definition) is 2. The molecule has 4 nitrogen and oxygen atoms in total. The Morgan fingerprint density at radius 3 is 2.52 bits per heavy atom. The second kappa shape index (κ2) is 7.03. The predicted molar refractivity (Wildman–Crippen MR) is 120 cm³/mol. The Hall–Kier alpha value is -0.450. The van der Waals surface area contributed by atoms with E-state index < -0.39 is 5.60 Å². The number of fused-ring (bicyclic) bond motifs is 8. The monoisotopic (exact) mass is 429 g/mol. The largest absolute Gasteiger partial charge is 0.393 e. The highest BCUT2D eigenvalue weighted by atomic mass is 16.3. The van der Waals surface area contributed by atoms with E-state index in [-0.39, 0.29) is 17.4 Å². The molecule has 0 aromatic rings. The molecular weight excluding hydrogens is 386 g/mol. The second-order valence-electron chi connectivity index (χ2n) is 13.2. The molecule has 0 spiro atoms. The number of carbonyl (C=O) groups is 1. The second-order valence-corrected chi connectivity index (χ2v) is 13.2. The Labute approximate surface area is 188 Å². The average Bonchev–Trinajstić information content (AvgIpc) is 3.09. The Kier molecular flexibility index (Phi) is 4.78. The molecule has 6 fully saturated rings. The van der Waals surface area contributed by atoms with Crippen LogP contribution in [0, 0.1) is 52.8 Å². The van der Waals surface area contributed by atoms with Gasteiger partial charge in [-0.1, -0.05) is 13.8 Å². The molecule has 12 atom stereocenters. The minimum Gasteiger partial charge on any atom is -0.393 e. The van der Waals surface area contributed by atoms with Gasteiger partial charge in [0.2, 0.25) is 0 Å². The zero-order valence-corrected chi connectivity index (χ0v) is 19.8. The van der Waals surface area contributed by atoms with Crippen LogP contribution in [0.1, 0.15) is 78.6 Å². The van der Waals surface area contributed by atoms with Crippen LogP contribution in [-0.4, -0.2) is 51.7 Å². The maximum Gasteiger partial charge on any atom is 0.136 e. The zero-order valence-electron chi connectivity index (χ0n) is 19.8. The summed E-state index contributed by atoms with van der Waals surface area (Å²) in [6.45, 7) is 9.23. The predicted octanol–water partition coefficient (Wildman–Crippen LogP) is 3.89. The number of aliphatic hydroxyl groups is 2. The van der Waals surface area contributed by atoms with E-state index in [1.807, 2.05) is 0 Å². The summed E-state index contributed by atoms with van der Waals surface area (Å²) >= 11 is 0. The van der Waals surface area contributed by atoms with Crippen molar-refractivity contribution in [3.63, 3.8) is 0 Å². The Morgan fingerprint density at radius 1 is 0.903 bits per heavy atom. The van der Waals surface area contributed by atoms with Gasteiger partial charge >= 0.3 is 0 Å². The average molecular weight is 430 g/mol. The first-order valence-electron chi connectivity index (χ1n) is 13.4. The van der Waals surface area contributed by atoms with Crippen molar-refractivity contribution >= 4 is 5.78 Å². The zero-order chi connectivity index (χ0) is 21.7. The summed E-state index contributed by atoms with van der Waals surface area (Å²) in [7, 11) is 0. The van der Waals surface area contributed by atoms with Crippen molar-refractivity contribution in [1.29, 1.82) is 0 Å². The first-order chi connectivity index (χ1) is 14.7. The van der Waals surface area contributed by atoms with E-state index in [2.05, 4.69) is 25.7 Å². The molecule has 4 aliphatic carbocycles. The van der Waals surface area contributed by atoms with E-state index in [4.69, 9.17) is 0 Å². The quantitative estimate of drug-likeness (QED) is 0.613. The SMILES string of the molecule is CC1CC[C@@H]2N(C1)C[C@H]1[C@@H]3CC4[C@@H](CC(=O)[C@H]5C[C@@H](O)CC[C@]45C)[C@@H]3CC[C@@H]1[C@]2(C)O. The molecule has 2 unspecified atom stereocenters. The molecule has 4 heteroatoms. The van der Waals surface area contributed by atoms with Gasteiger partial charge in [-0.15, -0.1) is 0 Å². The number of ketones is 1. The fourth-order valence-electron chi connectivity index (χ4n) is 10.4. The molecule has 2 N–H and O–H groups in total. The van der Waals surface area contributed by atoms with Gasteiger partial charge in [0.05, 0.1) is 11.7 Å². The molecule has 4 saturated carbocycles. The molecule has 0 aromatic heterocycles. The molecular formula is C27H43NO3. The number of aliphatic hydroxyl groups excluding tert-OH is 1. The third kappa shape index (κ3) is 2.93. The van der Waals surface area contributed by atoms with Crippen molar-refractivity contribution in [2.24, 2.45) is 52.8 Å². The van der Waals surface area contributed by atoms with Crippen LogP contribution in [0.25, 0.3) is 0 Å². The van der Waals surface area contributed by atoms with Gasteiger partial charge in [-0.2, -0.15) is 0 Å². The van der Waals surface area contributed by atoms with Crippen molar-refractivity contribution in [3.05, 3.63) is 0 Å². The first-order valence-corrected chi connectivity index (χ1v) is 13.4. The molecule has 2 aliphatic heterocycles. The lowest BCUT2D eigenvalue weighted by atomic mass is 9.51. The molecule has 6 aliphatic rings. The maximum atomic E-state index is 13.2. The van der Waals surface area contributed by atoms with Crippen LogP contribution in [0.15, 0.2) is 0 Å². The van der Waals surface area contributed by atoms with Gasteiger partial charge in [0, 0.05) is 31.5 Å². The molecule has 31 heavy (non-hydrogen) atoms. The van der Waals surface area contributed by atoms with E-state index in [9.17, 15) is 15.0 Å². The number of piperidine rings is 2. The number of hydrogen-bond acceptors (Lipinski definition) is 4. The Balaban J connectivity index is 1.31. The minimum absolute atomic E-state index is 0.0789. The highest BCUT2D eigenvalue weighted by Gasteiger charge is 2.64. The minimum atomic E-state index is -0.570. The van der Waals surface area contributed by atoms with E-state index in [1.54, 1.807) is 0 Å². The maximum absolute atomic E-state index is 13.2. The standard InChI is InChI=1S/C27H43NO3/c1-15-4-7-25-27(3,31)21-6-5-17-18(20(21)14-28(25)13-15)11-22-19(17)12-24(30)23-10-16(29)8-9-26(22,23)2/h15-23,25,29,31H,4-14H2,1-3H3/t15?,16-,17+,18+,19-,20-,21-,22?,23+,25-,26+,27-/m0/s1. The van der Waals surface area contributed by atoms with E-state index in [0.29, 0.717) is 53.8 Å². The van der Waals surface area contributed by atoms with Crippen LogP contribution < -0.4 is 0 Å². The molecule has 0 aromatic carbocycles. The van der Waals surface area contributed by atoms with Crippen molar-refractivity contribution in [2.45, 2.75) is 96.3 Å². The van der Waals surface area contributed by atoms with Gasteiger partial charge in [0.25, 0.3) is 0 Å². The van der Waals surface area contributed by atoms with Crippen molar-refractivity contribution < 1.29 is 15.0 Å². The van der Waals surface area contributed by atoms with E-state index in [1.165, 1.54) is 25.8 Å². The van der Waals surface area contributed by atoms with Gasteiger partial charge in [-0.05, 0) is 105 Å². The highest BCUT2D eigenvalue weighted by molar-refractivity contribution is 5.83. The van der Waals surface area contributed by atoms with E-state index in [0.717, 1.165) is 44.6 Å². The fourth-order valence-corrected chi connectivity index (χ4v) is 10.4. The van der Waals surface area contributed by atoms with Crippen molar-refractivity contribution in [3.8, 4) is 0 Å². The van der Waals surface area contributed by atoms with Gasteiger partial charge in [-0.3, -0.25) is 9.69 Å². The van der Waals surface area contributed by atoms with Gasteiger partial charge in [0.15, 0.2) is 0 Å². The molecule has 0 amide bonds. The third-order valence-corrected chi connectivity index (χ3v) is 11.8. The number of carbonyl (C=O) groups excluding carboxylic acids is 1. The van der Waals surface area contributed by atoms with E-state index >= 15 is 0 Å². The summed E-state index contributed by atoms with van der Waals surface area (Å²) in [6, 6.07) is 0.341. The fraction of sp³-hybridized carbons (Fsp3) is 0.963. The smallest absolute Gasteiger partial charge is 0.136 e. The highest BCUT2D eigenvalue weighted by Crippen LogP contribution is 2.66. The lowest BCUT2D eigenvalue weighted by Crippen LogP contribution is -2.67. The Morgan fingerprint density at radius 2 is 1.71 bits per heavy atom. The van der Waals surface area contributed by atoms with Crippen molar-refractivity contribution in [1.82, 2.24) is 4.90 Å². The summed E-state index contributed by atoms with van der Waals surface area (Å²) in [4.78, 5) is 15.9. The lowest BCUT2D eigenvalue weighted by molar-refractivity contribution is -0.175. The molecule has 0 bridgehead atoms. The first kappa shape index (κ1) is 21.1. The molecule has 174 valence electrons. The van der Waals surface area contributed by atoms with Gasteiger partial charge < -0.3 is 10.2 Å². The lowest BCUT2D eigenvalue weighted by Gasteiger charge is -2.59. The third-order valence-electron chi connectivity index (χ3n) is 11.8. The van der Waals surface area contributed by atoms with Crippen LogP contribution in [0.2, 0.25) is 0 Å².